The normalized spacial score (nSPS) is 34.5. The summed E-state index contributed by atoms with van der Waals surface area (Å²) in [5.74, 6) is -0.330. The molecule has 11 nitrogen and oxygen atoms in total. The van der Waals surface area contributed by atoms with Crippen molar-refractivity contribution < 1.29 is 33.3 Å². The van der Waals surface area contributed by atoms with Crippen LogP contribution >= 0.6 is 0 Å². The molecule has 0 aromatic heterocycles. The number of hydrogen-bond donors (Lipinski definition) is 3. The van der Waals surface area contributed by atoms with Crippen molar-refractivity contribution in [2.24, 2.45) is 11.7 Å². The maximum Gasteiger partial charge on any atom is 0.410 e. The minimum atomic E-state index is -0.505. The molecule has 0 aromatic rings. The molecule has 8 atom stereocenters. The Morgan fingerprint density at radius 1 is 1.17 bits per heavy atom. The van der Waals surface area contributed by atoms with E-state index >= 15 is 0 Å². The Morgan fingerprint density at radius 2 is 1.90 bits per heavy atom. The van der Waals surface area contributed by atoms with Gasteiger partial charge in [0.2, 0.25) is 11.8 Å². The molecule has 1 spiro atoms. The molecular formula is C31H48N4O7. The van der Waals surface area contributed by atoms with Crippen LogP contribution in [0.4, 0.5) is 4.79 Å². The minimum absolute atomic E-state index is 0.0467. The Balaban J connectivity index is 1.19. The fraction of sp³-hybridized carbons (Fsp3) is 0.710. The number of nitrogens with zero attached hydrogens (tertiary/aromatic N) is 1. The van der Waals surface area contributed by atoms with Gasteiger partial charge in [0.15, 0.2) is 0 Å². The molecule has 42 heavy (non-hydrogen) atoms. The monoisotopic (exact) mass is 588 g/mol. The van der Waals surface area contributed by atoms with Crippen LogP contribution < -0.4 is 16.4 Å². The lowest BCUT2D eigenvalue weighted by atomic mass is 9.88. The van der Waals surface area contributed by atoms with Crippen molar-refractivity contribution in [2.45, 2.75) is 102 Å². The first-order chi connectivity index (χ1) is 20.0. The SMILES string of the molecule is CC(C=C[C@@H]1C[C@@]2(CO2)C[C@@H](CC(N)=O)O1)=CC[C@@H]1O[C@H](C)[C@H](NC(=O)C=C[C@H](C)OC(=O)N2CCNCC2)C[C@@H]1C. The van der Waals surface area contributed by atoms with Gasteiger partial charge in [-0.25, -0.2) is 4.79 Å². The second-order valence-corrected chi connectivity index (χ2v) is 12.3. The lowest BCUT2D eigenvalue weighted by Gasteiger charge is -2.39. The largest absolute Gasteiger partial charge is 0.442 e. The molecule has 11 heteroatoms. The van der Waals surface area contributed by atoms with Crippen molar-refractivity contribution in [1.82, 2.24) is 15.5 Å². The van der Waals surface area contributed by atoms with Gasteiger partial charge in [-0.3, -0.25) is 9.59 Å². The first-order valence-electron chi connectivity index (χ1n) is 15.2. The number of nitrogens with one attached hydrogen (secondary N) is 2. The van der Waals surface area contributed by atoms with Gasteiger partial charge in [-0.15, -0.1) is 0 Å². The van der Waals surface area contributed by atoms with Gasteiger partial charge in [0.05, 0.1) is 49.1 Å². The third-order valence-corrected chi connectivity index (χ3v) is 8.49. The summed E-state index contributed by atoms with van der Waals surface area (Å²) in [6, 6.07) is -0.106. The zero-order valence-electron chi connectivity index (χ0n) is 25.4. The molecule has 4 heterocycles. The van der Waals surface area contributed by atoms with Crippen LogP contribution in [0.1, 0.15) is 59.8 Å². The maximum absolute atomic E-state index is 12.6. The summed E-state index contributed by atoms with van der Waals surface area (Å²) in [6.07, 6.45) is 11.3. The van der Waals surface area contributed by atoms with Crippen LogP contribution in [0.5, 0.6) is 0 Å². The molecule has 4 aliphatic rings. The lowest BCUT2D eigenvalue weighted by Crippen LogP contribution is -2.50. The molecule has 4 fully saturated rings. The number of carbonyl (C=O) groups is 3. The summed E-state index contributed by atoms with van der Waals surface area (Å²) in [7, 11) is 0. The second-order valence-electron chi connectivity index (χ2n) is 12.3. The van der Waals surface area contributed by atoms with Crippen LogP contribution in [0.15, 0.2) is 36.0 Å². The number of epoxide rings is 1. The minimum Gasteiger partial charge on any atom is -0.442 e. The smallest absolute Gasteiger partial charge is 0.410 e. The van der Waals surface area contributed by atoms with E-state index in [9.17, 15) is 14.4 Å². The zero-order valence-corrected chi connectivity index (χ0v) is 25.4. The predicted molar refractivity (Wildman–Crippen MR) is 157 cm³/mol. The molecule has 0 radical (unpaired) electrons. The summed E-state index contributed by atoms with van der Waals surface area (Å²) in [4.78, 5) is 37.9. The summed E-state index contributed by atoms with van der Waals surface area (Å²) in [6.45, 7) is 11.4. The highest BCUT2D eigenvalue weighted by Crippen LogP contribution is 2.43. The van der Waals surface area contributed by atoms with Crippen molar-refractivity contribution in [1.29, 1.82) is 0 Å². The molecule has 234 valence electrons. The third kappa shape index (κ3) is 9.65. The number of rotatable bonds is 10. The molecule has 0 unspecified atom stereocenters. The van der Waals surface area contributed by atoms with E-state index in [4.69, 9.17) is 24.7 Å². The van der Waals surface area contributed by atoms with Gasteiger partial charge >= 0.3 is 6.09 Å². The van der Waals surface area contributed by atoms with Gasteiger partial charge in [0.25, 0.3) is 0 Å². The highest BCUT2D eigenvalue weighted by atomic mass is 16.6. The highest BCUT2D eigenvalue weighted by Gasteiger charge is 2.51. The van der Waals surface area contributed by atoms with E-state index in [2.05, 4.69) is 36.6 Å². The van der Waals surface area contributed by atoms with Crippen LogP contribution in [0.3, 0.4) is 0 Å². The summed E-state index contributed by atoms with van der Waals surface area (Å²) < 4.78 is 23.5. The second kappa shape index (κ2) is 14.6. The standard InChI is InChI=1S/C31H48N4O7/c1-20(5-8-24-17-31(19-39-31)18-25(42-24)16-28(32)36)6-9-27-21(2)15-26(23(4)41-27)34-29(37)10-7-22(3)40-30(38)35-13-11-33-12-14-35/h5-8,10,21-27,33H,9,11-19H2,1-4H3,(H2,32,36)(H,34,37)/t21-,22-,23+,24+,25+,26+,27-,31-/m0/s1. The molecule has 0 bridgehead atoms. The summed E-state index contributed by atoms with van der Waals surface area (Å²) in [5.41, 5.74) is 6.33. The van der Waals surface area contributed by atoms with Crippen molar-refractivity contribution in [2.75, 3.05) is 32.8 Å². The van der Waals surface area contributed by atoms with Gasteiger partial charge in [0.1, 0.15) is 6.10 Å². The average molecular weight is 589 g/mol. The highest BCUT2D eigenvalue weighted by molar-refractivity contribution is 5.87. The number of carbonyl (C=O) groups excluding carboxylic acids is 3. The van der Waals surface area contributed by atoms with E-state index in [0.717, 1.165) is 37.9 Å². The van der Waals surface area contributed by atoms with E-state index in [1.165, 1.54) is 6.08 Å². The van der Waals surface area contributed by atoms with E-state index < -0.39 is 6.10 Å². The van der Waals surface area contributed by atoms with Crippen molar-refractivity contribution in [3.63, 3.8) is 0 Å². The van der Waals surface area contributed by atoms with Gasteiger partial charge < -0.3 is 40.2 Å². The fourth-order valence-electron chi connectivity index (χ4n) is 5.92. The molecule has 0 aliphatic carbocycles. The Hall–Kier alpha value is -2.73. The van der Waals surface area contributed by atoms with E-state index in [1.807, 2.05) is 13.0 Å². The molecule has 4 rings (SSSR count). The molecule has 0 aromatic carbocycles. The van der Waals surface area contributed by atoms with Crippen molar-refractivity contribution in [3.8, 4) is 0 Å². The van der Waals surface area contributed by atoms with E-state index in [1.54, 1.807) is 17.9 Å². The Bertz CT molecular complexity index is 1050. The third-order valence-electron chi connectivity index (χ3n) is 8.49. The molecule has 4 N–H and O–H groups in total. The molecule has 3 amide bonds. The van der Waals surface area contributed by atoms with E-state index in [0.29, 0.717) is 26.1 Å². The Labute approximate surface area is 249 Å². The first kappa shape index (κ1) is 32.2. The van der Waals surface area contributed by atoms with Crippen LogP contribution in [-0.4, -0.2) is 97.8 Å². The van der Waals surface area contributed by atoms with Gasteiger partial charge in [-0.2, -0.15) is 0 Å². The van der Waals surface area contributed by atoms with Crippen molar-refractivity contribution in [3.05, 3.63) is 36.0 Å². The van der Waals surface area contributed by atoms with Gasteiger partial charge in [-0.05, 0) is 45.6 Å². The first-order valence-corrected chi connectivity index (χ1v) is 15.2. The summed E-state index contributed by atoms with van der Waals surface area (Å²) >= 11 is 0. The molecule has 4 aliphatic heterocycles. The number of hydrogen-bond acceptors (Lipinski definition) is 8. The van der Waals surface area contributed by atoms with Crippen LogP contribution in [-0.2, 0) is 28.5 Å². The van der Waals surface area contributed by atoms with Crippen LogP contribution in [0.2, 0.25) is 0 Å². The lowest BCUT2D eigenvalue weighted by molar-refractivity contribution is -0.125. The molecule has 4 saturated heterocycles. The average Bonchev–Trinajstić information content (AvgIpc) is 3.69. The van der Waals surface area contributed by atoms with Crippen molar-refractivity contribution >= 4 is 17.9 Å². The number of amides is 3. The Kier molecular flexibility index (Phi) is 11.2. The topological polar surface area (TPSA) is 145 Å². The predicted octanol–water partition coefficient (Wildman–Crippen LogP) is 2.36. The Morgan fingerprint density at radius 3 is 2.60 bits per heavy atom. The van der Waals surface area contributed by atoms with Crippen LogP contribution in [0.25, 0.3) is 0 Å². The molecule has 0 saturated carbocycles. The maximum atomic E-state index is 12.6. The number of nitrogens with two attached hydrogens (primary N) is 1. The van der Waals surface area contributed by atoms with Crippen LogP contribution in [0, 0.1) is 5.92 Å². The number of allylic oxidation sites excluding steroid dienone is 2. The van der Waals surface area contributed by atoms with Gasteiger partial charge in [-0.1, -0.05) is 30.7 Å². The number of piperazine rings is 1. The number of ether oxygens (including phenoxy) is 4. The zero-order chi connectivity index (χ0) is 30.3. The van der Waals surface area contributed by atoms with E-state index in [-0.39, 0.29) is 66.3 Å². The quantitative estimate of drug-likeness (QED) is 0.200. The van der Waals surface area contributed by atoms with Gasteiger partial charge in [0, 0.05) is 45.1 Å². The summed E-state index contributed by atoms with van der Waals surface area (Å²) in [5, 5.41) is 6.25. The fourth-order valence-corrected chi connectivity index (χ4v) is 5.92. The number of primary amides is 1. The molecular weight excluding hydrogens is 540 g/mol.